The first-order valence-electron chi connectivity index (χ1n) is 12.3. The molecule has 1 aromatic heterocycles. The summed E-state index contributed by atoms with van der Waals surface area (Å²) in [7, 11) is 0. The Morgan fingerprint density at radius 1 is 1.03 bits per heavy atom. The van der Waals surface area contributed by atoms with Crippen molar-refractivity contribution in [2.75, 3.05) is 26.2 Å². The third kappa shape index (κ3) is 5.14. The summed E-state index contributed by atoms with van der Waals surface area (Å²) in [6, 6.07) is 16.4. The van der Waals surface area contributed by atoms with Crippen LogP contribution in [0.1, 0.15) is 38.1 Å². The third-order valence-electron chi connectivity index (χ3n) is 7.01. The molecule has 1 amide bonds. The highest BCUT2D eigenvalue weighted by atomic mass is 35.5. The Bertz CT molecular complexity index is 1130. The molecule has 5 rings (SSSR count). The van der Waals surface area contributed by atoms with Crippen LogP contribution in [0.15, 0.2) is 48.5 Å². The summed E-state index contributed by atoms with van der Waals surface area (Å²) >= 11 is 6.26. The van der Waals surface area contributed by atoms with E-state index in [0.717, 1.165) is 55.9 Å². The molecule has 0 bridgehead atoms. The molecule has 2 saturated heterocycles. The number of imidazole rings is 1. The van der Waals surface area contributed by atoms with Crippen LogP contribution in [-0.4, -0.2) is 63.6 Å². The van der Waals surface area contributed by atoms with Gasteiger partial charge in [-0.1, -0.05) is 41.9 Å². The number of benzene rings is 2. The number of carbonyl (C=O) groups is 1. The van der Waals surface area contributed by atoms with Gasteiger partial charge in [-0.2, -0.15) is 0 Å². The third-order valence-corrected chi connectivity index (χ3v) is 7.24. The summed E-state index contributed by atoms with van der Waals surface area (Å²) in [5, 5.41) is 0.703. The minimum Gasteiger partial charge on any atom is -0.372 e. The van der Waals surface area contributed by atoms with Gasteiger partial charge in [0.1, 0.15) is 5.82 Å². The van der Waals surface area contributed by atoms with Crippen molar-refractivity contribution in [3.05, 3.63) is 64.9 Å². The molecule has 2 fully saturated rings. The molecule has 34 heavy (non-hydrogen) atoms. The van der Waals surface area contributed by atoms with Crippen molar-refractivity contribution >= 4 is 28.5 Å². The van der Waals surface area contributed by atoms with Gasteiger partial charge < -0.3 is 14.2 Å². The van der Waals surface area contributed by atoms with E-state index in [2.05, 4.69) is 39.8 Å². The van der Waals surface area contributed by atoms with Gasteiger partial charge in [0.25, 0.3) is 0 Å². The van der Waals surface area contributed by atoms with Crippen LogP contribution in [0, 0.1) is 5.92 Å². The van der Waals surface area contributed by atoms with E-state index in [9.17, 15) is 4.79 Å². The fourth-order valence-electron chi connectivity index (χ4n) is 5.37. The number of amides is 1. The lowest BCUT2D eigenvalue weighted by Gasteiger charge is -2.39. The number of morpholine rings is 1. The van der Waals surface area contributed by atoms with E-state index in [-0.39, 0.29) is 18.1 Å². The molecule has 0 aliphatic carbocycles. The van der Waals surface area contributed by atoms with Crippen molar-refractivity contribution in [1.82, 2.24) is 19.4 Å². The smallest absolute Gasteiger partial charge is 0.225 e. The average molecular weight is 481 g/mol. The maximum absolute atomic E-state index is 13.1. The number of piperidine rings is 1. The Balaban J connectivity index is 1.28. The normalized spacial score (nSPS) is 22.4. The summed E-state index contributed by atoms with van der Waals surface area (Å²) in [6.07, 6.45) is 2.01. The monoisotopic (exact) mass is 480 g/mol. The van der Waals surface area contributed by atoms with Crippen molar-refractivity contribution in [2.24, 2.45) is 5.92 Å². The van der Waals surface area contributed by atoms with E-state index in [0.29, 0.717) is 24.0 Å². The van der Waals surface area contributed by atoms with Crippen molar-refractivity contribution < 1.29 is 9.53 Å². The molecule has 7 heteroatoms. The number of hydrogen-bond acceptors (Lipinski definition) is 4. The van der Waals surface area contributed by atoms with Gasteiger partial charge in [0.2, 0.25) is 5.91 Å². The molecule has 2 aliphatic rings. The molecule has 0 radical (unpaired) electrons. The predicted molar refractivity (Wildman–Crippen MR) is 135 cm³/mol. The van der Waals surface area contributed by atoms with Gasteiger partial charge in [0.15, 0.2) is 0 Å². The largest absolute Gasteiger partial charge is 0.372 e. The Morgan fingerprint density at radius 3 is 2.44 bits per heavy atom. The minimum atomic E-state index is 0.107. The lowest BCUT2D eigenvalue weighted by Crippen LogP contribution is -2.51. The maximum atomic E-state index is 13.1. The highest BCUT2D eigenvalue weighted by Gasteiger charge is 2.33. The number of likely N-dealkylation sites (tertiary alicyclic amines) is 1. The number of hydrogen-bond donors (Lipinski definition) is 0. The molecule has 0 N–H and O–H groups in total. The first-order valence-corrected chi connectivity index (χ1v) is 12.7. The molecule has 0 saturated carbocycles. The molecule has 3 heterocycles. The molecule has 2 aromatic carbocycles. The number of ether oxygens (including phenoxy) is 1. The second kappa shape index (κ2) is 10.1. The van der Waals surface area contributed by atoms with Crippen LogP contribution in [0.5, 0.6) is 0 Å². The van der Waals surface area contributed by atoms with E-state index in [1.807, 2.05) is 36.9 Å². The van der Waals surface area contributed by atoms with Gasteiger partial charge in [0, 0.05) is 30.6 Å². The van der Waals surface area contributed by atoms with Gasteiger partial charge >= 0.3 is 0 Å². The number of rotatable bonds is 5. The van der Waals surface area contributed by atoms with E-state index in [1.165, 1.54) is 5.56 Å². The van der Waals surface area contributed by atoms with Crippen LogP contribution in [0.4, 0.5) is 0 Å². The Morgan fingerprint density at radius 2 is 1.74 bits per heavy atom. The molecule has 2 aliphatic heterocycles. The van der Waals surface area contributed by atoms with Crippen LogP contribution >= 0.6 is 11.6 Å². The molecule has 6 nitrogen and oxygen atoms in total. The maximum Gasteiger partial charge on any atom is 0.225 e. The zero-order chi connectivity index (χ0) is 23.7. The predicted octanol–water partition coefficient (Wildman–Crippen LogP) is 4.59. The van der Waals surface area contributed by atoms with Crippen LogP contribution in [0.3, 0.4) is 0 Å². The standard InChI is InChI=1S/C27H33ClN4O2/c1-19-15-31(16-20(2)34-19)27(33)22-10-12-30(13-11-22)18-26-29-24-14-23(28)8-9-25(24)32(26)17-21-6-4-3-5-7-21/h3-9,14,19-20,22H,10-13,15-18H2,1-2H3. The van der Waals surface area contributed by atoms with E-state index < -0.39 is 0 Å². The lowest BCUT2D eigenvalue weighted by atomic mass is 9.94. The van der Waals surface area contributed by atoms with Gasteiger partial charge in [-0.3, -0.25) is 9.69 Å². The van der Waals surface area contributed by atoms with Crippen LogP contribution in [-0.2, 0) is 22.6 Å². The number of halogens is 1. The summed E-state index contributed by atoms with van der Waals surface area (Å²) in [6.45, 7) is 8.86. The van der Waals surface area contributed by atoms with Gasteiger partial charge in [-0.05, 0) is 63.5 Å². The molecular formula is C27H33ClN4O2. The number of aromatic nitrogens is 2. The van der Waals surface area contributed by atoms with E-state index >= 15 is 0 Å². The van der Waals surface area contributed by atoms with Gasteiger partial charge in [-0.25, -0.2) is 4.98 Å². The highest BCUT2D eigenvalue weighted by Crippen LogP contribution is 2.26. The second-order valence-corrected chi connectivity index (χ2v) is 10.2. The molecule has 0 spiro atoms. The zero-order valence-electron chi connectivity index (χ0n) is 20.0. The average Bonchev–Trinajstić information content (AvgIpc) is 3.15. The Kier molecular flexibility index (Phi) is 6.91. The second-order valence-electron chi connectivity index (χ2n) is 9.78. The van der Waals surface area contributed by atoms with Gasteiger partial charge in [-0.15, -0.1) is 0 Å². The molecule has 3 aromatic rings. The fraction of sp³-hybridized carbons (Fsp3) is 0.481. The summed E-state index contributed by atoms with van der Waals surface area (Å²) in [5.41, 5.74) is 3.28. The summed E-state index contributed by atoms with van der Waals surface area (Å²) < 4.78 is 8.10. The molecular weight excluding hydrogens is 448 g/mol. The summed E-state index contributed by atoms with van der Waals surface area (Å²) in [4.78, 5) is 22.5. The van der Waals surface area contributed by atoms with E-state index in [1.54, 1.807) is 0 Å². The van der Waals surface area contributed by atoms with E-state index in [4.69, 9.17) is 21.3 Å². The quantitative estimate of drug-likeness (QED) is 0.536. The lowest BCUT2D eigenvalue weighted by molar-refractivity contribution is -0.148. The van der Waals surface area contributed by atoms with Crippen molar-refractivity contribution in [3.8, 4) is 0 Å². The number of carbonyl (C=O) groups excluding carboxylic acids is 1. The molecule has 2 atom stereocenters. The van der Waals surface area contributed by atoms with Gasteiger partial charge in [0.05, 0.1) is 29.8 Å². The van der Waals surface area contributed by atoms with Crippen LogP contribution in [0.25, 0.3) is 11.0 Å². The minimum absolute atomic E-state index is 0.107. The SMILES string of the molecule is CC1CN(C(=O)C2CCN(Cc3nc4cc(Cl)ccc4n3Cc3ccccc3)CC2)CC(C)O1. The van der Waals surface area contributed by atoms with Crippen LogP contribution < -0.4 is 0 Å². The topological polar surface area (TPSA) is 50.6 Å². The summed E-state index contributed by atoms with van der Waals surface area (Å²) in [5.74, 6) is 1.45. The highest BCUT2D eigenvalue weighted by molar-refractivity contribution is 6.31. The Hall–Kier alpha value is -2.41. The zero-order valence-corrected chi connectivity index (χ0v) is 20.7. The van der Waals surface area contributed by atoms with Crippen molar-refractivity contribution in [3.63, 3.8) is 0 Å². The first kappa shape index (κ1) is 23.3. The first-order chi connectivity index (χ1) is 16.5. The molecule has 180 valence electrons. The number of fused-ring (bicyclic) bond motifs is 1. The number of nitrogens with zero attached hydrogens (tertiary/aromatic N) is 4. The van der Waals surface area contributed by atoms with Crippen LogP contribution in [0.2, 0.25) is 5.02 Å². The molecule has 2 unspecified atom stereocenters. The fourth-order valence-corrected chi connectivity index (χ4v) is 5.54. The van der Waals surface area contributed by atoms with Crippen molar-refractivity contribution in [2.45, 2.75) is 52.0 Å². The van der Waals surface area contributed by atoms with Crippen molar-refractivity contribution in [1.29, 1.82) is 0 Å². The Labute approximate surface area is 206 Å².